The summed E-state index contributed by atoms with van der Waals surface area (Å²) in [4.78, 5) is 4.22. The molecule has 1 heterocycles. The fraction of sp³-hybridized carbons (Fsp3) is 0.125. The number of anilines is 2. The van der Waals surface area contributed by atoms with Gasteiger partial charge in [-0.3, -0.25) is 4.99 Å². The van der Waals surface area contributed by atoms with Crippen LogP contribution in [0.4, 0.5) is 17.1 Å². The second-order valence-corrected chi connectivity index (χ2v) is 3.44. The highest BCUT2D eigenvalue weighted by molar-refractivity contribution is 9.10. The molecule has 3 N–H and O–H groups in total. The molecule has 1 aliphatic heterocycles. The van der Waals surface area contributed by atoms with Gasteiger partial charge < -0.3 is 11.1 Å². The first-order chi connectivity index (χ1) is 5.77. The van der Waals surface area contributed by atoms with Crippen molar-refractivity contribution in [3.05, 3.63) is 16.6 Å². The average Bonchev–Trinajstić information content (AvgIpc) is 2.04. The van der Waals surface area contributed by atoms with E-state index in [1.165, 1.54) is 0 Å². The minimum atomic E-state index is 0.724. The lowest BCUT2D eigenvalue weighted by atomic mass is 10.2. The second kappa shape index (κ2) is 2.79. The molecule has 12 heavy (non-hydrogen) atoms. The van der Waals surface area contributed by atoms with Crippen LogP contribution in [-0.4, -0.2) is 12.8 Å². The number of hydrogen-bond acceptors (Lipinski definition) is 3. The van der Waals surface area contributed by atoms with E-state index in [1.54, 1.807) is 0 Å². The number of nitrogens with one attached hydrogen (secondary N) is 1. The minimum absolute atomic E-state index is 0.724. The summed E-state index contributed by atoms with van der Waals surface area (Å²) >= 11 is 3.42. The van der Waals surface area contributed by atoms with Gasteiger partial charge in [0.25, 0.3) is 0 Å². The highest BCUT2D eigenvalue weighted by atomic mass is 79.9. The molecule has 0 unspecified atom stereocenters. The fourth-order valence-electron chi connectivity index (χ4n) is 1.18. The van der Waals surface area contributed by atoms with Crippen LogP contribution < -0.4 is 11.1 Å². The Hall–Kier alpha value is -1.03. The summed E-state index contributed by atoms with van der Waals surface area (Å²) in [5.74, 6) is 0. The summed E-state index contributed by atoms with van der Waals surface area (Å²) in [5, 5.41) is 3.21. The molecule has 0 aromatic heterocycles. The Morgan fingerprint density at radius 3 is 3.17 bits per heavy atom. The van der Waals surface area contributed by atoms with Crippen molar-refractivity contribution in [2.45, 2.75) is 0 Å². The topological polar surface area (TPSA) is 50.4 Å². The standard InChI is InChI=1S/C8H8BrN3/c9-6-3-5(10)4-7-8(6)12-2-1-11-7/h1,3-4,12H,2,10H2. The van der Waals surface area contributed by atoms with Crippen LogP contribution in [0.5, 0.6) is 0 Å². The zero-order valence-electron chi connectivity index (χ0n) is 6.34. The molecule has 0 saturated carbocycles. The Bertz CT molecular complexity index is 346. The Balaban J connectivity index is 2.62. The molecule has 0 spiro atoms. The van der Waals surface area contributed by atoms with Crippen molar-refractivity contribution in [1.82, 2.24) is 0 Å². The smallest absolute Gasteiger partial charge is 0.0890 e. The van der Waals surface area contributed by atoms with Crippen LogP contribution in [0.1, 0.15) is 0 Å². The Labute approximate surface area is 78.8 Å². The molecule has 3 nitrogen and oxygen atoms in total. The quantitative estimate of drug-likeness (QED) is 0.666. The first-order valence-electron chi connectivity index (χ1n) is 3.63. The van der Waals surface area contributed by atoms with E-state index < -0.39 is 0 Å². The molecule has 0 aliphatic carbocycles. The van der Waals surface area contributed by atoms with Gasteiger partial charge in [-0.05, 0) is 28.1 Å². The van der Waals surface area contributed by atoms with Crippen LogP contribution in [0.2, 0.25) is 0 Å². The maximum absolute atomic E-state index is 5.65. The lowest BCUT2D eigenvalue weighted by Gasteiger charge is -2.14. The third kappa shape index (κ3) is 1.18. The number of rotatable bonds is 0. The monoisotopic (exact) mass is 225 g/mol. The summed E-state index contributed by atoms with van der Waals surface area (Å²) in [6, 6.07) is 3.72. The van der Waals surface area contributed by atoms with E-state index in [9.17, 15) is 0 Å². The van der Waals surface area contributed by atoms with E-state index in [0.717, 1.165) is 28.1 Å². The van der Waals surface area contributed by atoms with E-state index in [2.05, 4.69) is 26.2 Å². The maximum atomic E-state index is 5.65. The highest BCUT2D eigenvalue weighted by Gasteiger charge is 2.08. The Kier molecular flexibility index (Phi) is 1.77. The summed E-state index contributed by atoms with van der Waals surface area (Å²) in [5.41, 5.74) is 8.29. The molecule has 2 rings (SSSR count). The van der Waals surface area contributed by atoms with Crippen LogP contribution in [0, 0.1) is 0 Å². The molecule has 1 aromatic rings. The van der Waals surface area contributed by atoms with Gasteiger partial charge in [0.1, 0.15) is 0 Å². The Morgan fingerprint density at radius 2 is 2.33 bits per heavy atom. The summed E-state index contributed by atoms with van der Waals surface area (Å²) < 4.78 is 0.967. The zero-order chi connectivity index (χ0) is 8.55. The summed E-state index contributed by atoms with van der Waals surface area (Å²) in [7, 11) is 0. The van der Waals surface area contributed by atoms with Gasteiger partial charge >= 0.3 is 0 Å². The normalized spacial score (nSPS) is 13.8. The average molecular weight is 226 g/mol. The SMILES string of the molecule is Nc1cc(Br)c2c(c1)N=CCN2. The molecular formula is C8H8BrN3. The van der Waals surface area contributed by atoms with Crippen LogP contribution in [0.3, 0.4) is 0 Å². The van der Waals surface area contributed by atoms with E-state index in [-0.39, 0.29) is 0 Å². The van der Waals surface area contributed by atoms with Crippen molar-refractivity contribution in [1.29, 1.82) is 0 Å². The van der Waals surface area contributed by atoms with Gasteiger partial charge in [0.05, 0.1) is 17.9 Å². The molecule has 1 aliphatic rings. The molecule has 0 radical (unpaired) electrons. The fourth-order valence-corrected chi connectivity index (χ4v) is 1.79. The summed E-state index contributed by atoms with van der Waals surface area (Å²) in [6.07, 6.45) is 1.83. The van der Waals surface area contributed by atoms with Crippen molar-refractivity contribution in [2.75, 3.05) is 17.6 Å². The first-order valence-corrected chi connectivity index (χ1v) is 4.42. The molecule has 0 bridgehead atoms. The van der Waals surface area contributed by atoms with Gasteiger partial charge in [0.2, 0.25) is 0 Å². The maximum Gasteiger partial charge on any atom is 0.0890 e. The number of fused-ring (bicyclic) bond motifs is 1. The van der Waals surface area contributed by atoms with Crippen LogP contribution in [-0.2, 0) is 0 Å². The number of halogens is 1. The zero-order valence-corrected chi connectivity index (χ0v) is 7.93. The molecule has 0 fully saturated rings. The van der Waals surface area contributed by atoms with E-state index in [0.29, 0.717) is 0 Å². The van der Waals surface area contributed by atoms with Crippen molar-refractivity contribution >= 4 is 39.2 Å². The Morgan fingerprint density at radius 1 is 1.50 bits per heavy atom. The highest BCUT2D eigenvalue weighted by Crippen LogP contribution is 2.36. The molecule has 0 saturated heterocycles. The van der Waals surface area contributed by atoms with Gasteiger partial charge in [0.15, 0.2) is 0 Å². The van der Waals surface area contributed by atoms with Gasteiger partial charge in [-0.25, -0.2) is 0 Å². The van der Waals surface area contributed by atoms with Crippen molar-refractivity contribution in [3.63, 3.8) is 0 Å². The molecule has 62 valence electrons. The van der Waals surface area contributed by atoms with Gasteiger partial charge in [-0.15, -0.1) is 0 Å². The summed E-state index contributed by atoms with van der Waals surface area (Å²) in [6.45, 7) is 0.773. The van der Waals surface area contributed by atoms with Crippen molar-refractivity contribution in [3.8, 4) is 0 Å². The van der Waals surface area contributed by atoms with Crippen molar-refractivity contribution in [2.24, 2.45) is 4.99 Å². The number of nitrogens with zero attached hydrogens (tertiary/aromatic N) is 1. The molecule has 0 atom stereocenters. The first kappa shape index (κ1) is 7.61. The van der Waals surface area contributed by atoms with Crippen LogP contribution in [0.15, 0.2) is 21.6 Å². The number of aliphatic imine (C=N–C) groups is 1. The van der Waals surface area contributed by atoms with Gasteiger partial charge in [-0.1, -0.05) is 0 Å². The predicted octanol–water partition coefficient (Wildman–Crippen LogP) is 2.16. The third-order valence-electron chi connectivity index (χ3n) is 1.69. The van der Waals surface area contributed by atoms with E-state index in [1.807, 2.05) is 18.3 Å². The third-order valence-corrected chi connectivity index (χ3v) is 2.32. The number of benzene rings is 1. The minimum Gasteiger partial charge on any atom is -0.399 e. The van der Waals surface area contributed by atoms with Crippen LogP contribution >= 0.6 is 15.9 Å². The largest absolute Gasteiger partial charge is 0.399 e. The van der Waals surface area contributed by atoms with Crippen molar-refractivity contribution < 1.29 is 0 Å². The molecular weight excluding hydrogens is 218 g/mol. The number of hydrogen-bond donors (Lipinski definition) is 2. The lowest BCUT2D eigenvalue weighted by molar-refractivity contribution is 1.32. The predicted molar refractivity (Wildman–Crippen MR) is 55.2 cm³/mol. The van der Waals surface area contributed by atoms with E-state index in [4.69, 9.17) is 5.73 Å². The molecule has 0 amide bonds. The lowest BCUT2D eigenvalue weighted by Crippen LogP contribution is -2.07. The van der Waals surface area contributed by atoms with E-state index >= 15 is 0 Å². The molecule has 4 heteroatoms. The second-order valence-electron chi connectivity index (χ2n) is 2.59. The van der Waals surface area contributed by atoms with Gasteiger partial charge in [0, 0.05) is 16.4 Å². The van der Waals surface area contributed by atoms with Gasteiger partial charge in [-0.2, -0.15) is 0 Å². The molecule has 1 aromatic carbocycles. The number of nitrogen functional groups attached to an aromatic ring is 1. The van der Waals surface area contributed by atoms with Crippen LogP contribution in [0.25, 0.3) is 0 Å². The number of nitrogens with two attached hydrogens (primary N) is 1.